The van der Waals surface area contributed by atoms with Gasteiger partial charge in [-0.05, 0) is 42.4 Å². The number of aryl methyl sites for hydroxylation is 1. The standard InChI is InChI=1S/C19H19Br2NO/c1-13-7-5-6-10-16(13)15-11-17(14-8-3-2-4-9-14)22-18(23)19(20,21)12-15/h2-10,15,17H,11-12H2,1H3,(H,22,23). The molecule has 1 amide bonds. The molecule has 2 aromatic carbocycles. The monoisotopic (exact) mass is 435 g/mol. The van der Waals surface area contributed by atoms with Crippen LogP contribution >= 0.6 is 31.9 Å². The molecule has 2 nitrogen and oxygen atoms in total. The van der Waals surface area contributed by atoms with Crippen molar-refractivity contribution < 1.29 is 4.79 Å². The Morgan fingerprint density at radius 1 is 1.04 bits per heavy atom. The van der Waals surface area contributed by atoms with Crippen LogP contribution in [-0.4, -0.2) is 9.14 Å². The number of hydrogen-bond donors (Lipinski definition) is 1. The van der Waals surface area contributed by atoms with Crippen LogP contribution in [0.5, 0.6) is 0 Å². The Morgan fingerprint density at radius 2 is 1.70 bits per heavy atom. The van der Waals surface area contributed by atoms with E-state index in [2.05, 4.69) is 80.5 Å². The summed E-state index contributed by atoms with van der Waals surface area (Å²) < 4.78 is -0.726. The van der Waals surface area contributed by atoms with Gasteiger partial charge < -0.3 is 5.32 Å². The highest BCUT2D eigenvalue weighted by Gasteiger charge is 2.41. The molecule has 0 spiro atoms. The van der Waals surface area contributed by atoms with Gasteiger partial charge in [0.15, 0.2) is 3.23 Å². The molecule has 0 radical (unpaired) electrons. The van der Waals surface area contributed by atoms with E-state index in [0.29, 0.717) is 12.3 Å². The zero-order valence-electron chi connectivity index (χ0n) is 12.9. The largest absolute Gasteiger partial charge is 0.347 e. The van der Waals surface area contributed by atoms with Crippen molar-refractivity contribution >= 4 is 37.8 Å². The summed E-state index contributed by atoms with van der Waals surface area (Å²) in [6.07, 6.45) is 1.60. The molecule has 0 saturated carbocycles. The molecule has 2 atom stereocenters. The number of alkyl halides is 2. The molecular weight excluding hydrogens is 418 g/mol. The quantitative estimate of drug-likeness (QED) is 0.642. The molecule has 1 fully saturated rings. The lowest BCUT2D eigenvalue weighted by Crippen LogP contribution is -2.37. The molecule has 1 aliphatic heterocycles. The van der Waals surface area contributed by atoms with Crippen molar-refractivity contribution in [3.63, 3.8) is 0 Å². The first-order chi connectivity index (χ1) is 11.0. The lowest BCUT2D eigenvalue weighted by Gasteiger charge is -2.23. The topological polar surface area (TPSA) is 29.1 Å². The average Bonchev–Trinajstić information content (AvgIpc) is 2.65. The summed E-state index contributed by atoms with van der Waals surface area (Å²) in [5.74, 6) is 0.279. The van der Waals surface area contributed by atoms with Gasteiger partial charge in [-0.2, -0.15) is 0 Å². The van der Waals surface area contributed by atoms with Crippen LogP contribution in [0.2, 0.25) is 0 Å². The fourth-order valence-corrected chi connectivity index (χ4v) is 4.29. The second kappa shape index (κ2) is 6.78. The van der Waals surface area contributed by atoms with E-state index in [4.69, 9.17) is 0 Å². The van der Waals surface area contributed by atoms with Gasteiger partial charge in [0.25, 0.3) is 0 Å². The van der Waals surface area contributed by atoms with Gasteiger partial charge in [0.2, 0.25) is 5.91 Å². The molecule has 120 valence electrons. The minimum absolute atomic E-state index is 0.0116. The minimum Gasteiger partial charge on any atom is -0.347 e. The van der Waals surface area contributed by atoms with Crippen LogP contribution < -0.4 is 5.32 Å². The molecule has 2 aromatic rings. The van der Waals surface area contributed by atoms with Crippen molar-refractivity contribution in [3.05, 3.63) is 71.3 Å². The molecule has 1 aliphatic rings. The van der Waals surface area contributed by atoms with Gasteiger partial charge in [0, 0.05) is 0 Å². The molecular formula is C19H19Br2NO. The number of amides is 1. The molecule has 2 unspecified atom stereocenters. The van der Waals surface area contributed by atoms with E-state index in [0.717, 1.165) is 12.0 Å². The Morgan fingerprint density at radius 3 is 2.39 bits per heavy atom. The number of rotatable bonds is 2. The molecule has 4 heteroatoms. The van der Waals surface area contributed by atoms with Gasteiger partial charge in [-0.3, -0.25) is 4.79 Å². The second-order valence-corrected chi connectivity index (χ2v) is 9.91. The van der Waals surface area contributed by atoms with E-state index in [9.17, 15) is 4.79 Å². The smallest absolute Gasteiger partial charge is 0.248 e. The second-order valence-electron chi connectivity index (χ2n) is 6.13. The third-order valence-corrected chi connectivity index (χ3v) is 5.86. The van der Waals surface area contributed by atoms with E-state index >= 15 is 0 Å². The number of carbonyl (C=O) groups excluding carboxylic acids is 1. The van der Waals surface area contributed by atoms with Crippen LogP contribution in [0.25, 0.3) is 0 Å². The van der Waals surface area contributed by atoms with Crippen LogP contribution in [0.3, 0.4) is 0 Å². The molecule has 1 heterocycles. The van der Waals surface area contributed by atoms with E-state index in [1.807, 2.05) is 18.2 Å². The van der Waals surface area contributed by atoms with Crippen molar-refractivity contribution in [1.29, 1.82) is 0 Å². The van der Waals surface area contributed by atoms with Crippen molar-refractivity contribution in [2.75, 3.05) is 0 Å². The molecule has 1 N–H and O–H groups in total. The first kappa shape index (κ1) is 16.7. The highest BCUT2D eigenvalue weighted by molar-refractivity contribution is 9.25. The SMILES string of the molecule is Cc1ccccc1C1CC(c2ccccc2)NC(=O)C(Br)(Br)C1. The van der Waals surface area contributed by atoms with E-state index in [1.54, 1.807) is 0 Å². The van der Waals surface area contributed by atoms with Gasteiger partial charge in [0.1, 0.15) is 0 Å². The molecule has 0 bridgehead atoms. The Bertz CT molecular complexity index is 700. The highest BCUT2D eigenvalue weighted by atomic mass is 79.9. The van der Waals surface area contributed by atoms with Crippen molar-refractivity contribution in [2.45, 2.75) is 35.0 Å². The summed E-state index contributed by atoms with van der Waals surface area (Å²) in [4.78, 5) is 12.6. The third kappa shape index (κ3) is 3.69. The molecule has 1 saturated heterocycles. The summed E-state index contributed by atoms with van der Waals surface area (Å²) >= 11 is 7.15. The number of benzene rings is 2. The van der Waals surface area contributed by atoms with Crippen molar-refractivity contribution in [1.82, 2.24) is 5.32 Å². The van der Waals surface area contributed by atoms with E-state index in [1.165, 1.54) is 11.1 Å². The van der Waals surface area contributed by atoms with Gasteiger partial charge in [0.05, 0.1) is 6.04 Å². The van der Waals surface area contributed by atoms with Crippen molar-refractivity contribution in [2.24, 2.45) is 0 Å². The van der Waals surface area contributed by atoms with Gasteiger partial charge in [-0.1, -0.05) is 86.5 Å². The average molecular weight is 437 g/mol. The maximum atomic E-state index is 12.6. The molecule has 0 aromatic heterocycles. The third-order valence-electron chi connectivity index (χ3n) is 4.49. The first-order valence-corrected chi connectivity index (χ1v) is 9.35. The van der Waals surface area contributed by atoms with E-state index in [-0.39, 0.29) is 11.9 Å². The first-order valence-electron chi connectivity index (χ1n) is 7.76. The van der Waals surface area contributed by atoms with Crippen LogP contribution in [0.1, 0.15) is 41.5 Å². The lowest BCUT2D eigenvalue weighted by molar-refractivity contribution is -0.121. The summed E-state index contributed by atoms with van der Waals surface area (Å²) in [6.45, 7) is 2.14. The predicted octanol–water partition coefficient (Wildman–Crippen LogP) is 5.22. The van der Waals surface area contributed by atoms with Gasteiger partial charge in [-0.25, -0.2) is 0 Å². The van der Waals surface area contributed by atoms with E-state index < -0.39 is 3.23 Å². The maximum absolute atomic E-state index is 12.6. The fraction of sp³-hybridized carbons (Fsp3) is 0.316. The normalized spacial score (nSPS) is 23.9. The number of nitrogens with one attached hydrogen (secondary N) is 1. The number of halogens is 2. The Kier molecular flexibility index (Phi) is 4.93. The Hall–Kier alpha value is -1.13. The van der Waals surface area contributed by atoms with Crippen LogP contribution in [-0.2, 0) is 4.79 Å². The Balaban J connectivity index is 1.99. The number of carbonyl (C=O) groups is 1. The predicted molar refractivity (Wildman–Crippen MR) is 101 cm³/mol. The van der Waals surface area contributed by atoms with Crippen LogP contribution in [0, 0.1) is 6.92 Å². The maximum Gasteiger partial charge on any atom is 0.248 e. The van der Waals surface area contributed by atoms with Gasteiger partial charge in [-0.15, -0.1) is 0 Å². The zero-order valence-corrected chi connectivity index (χ0v) is 16.1. The fourth-order valence-electron chi connectivity index (χ4n) is 3.28. The molecule has 0 aliphatic carbocycles. The number of hydrogen-bond acceptors (Lipinski definition) is 1. The van der Waals surface area contributed by atoms with Crippen molar-refractivity contribution in [3.8, 4) is 0 Å². The molecule has 3 rings (SSSR count). The minimum atomic E-state index is -0.726. The van der Waals surface area contributed by atoms with Crippen LogP contribution in [0.4, 0.5) is 0 Å². The summed E-state index contributed by atoms with van der Waals surface area (Å²) in [7, 11) is 0. The van der Waals surface area contributed by atoms with Gasteiger partial charge >= 0.3 is 0 Å². The van der Waals surface area contributed by atoms with Crippen LogP contribution in [0.15, 0.2) is 54.6 Å². The molecule has 23 heavy (non-hydrogen) atoms. The highest BCUT2D eigenvalue weighted by Crippen LogP contribution is 2.45. The zero-order chi connectivity index (χ0) is 16.4. The summed E-state index contributed by atoms with van der Waals surface area (Å²) in [5, 5.41) is 3.17. The Labute approximate surface area is 153 Å². The summed E-state index contributed by atoms with van der Waals surface area (Å²) in [6, 6.07) is 18.7. The lowest BCUT2D eigenvalue weighted by atomic mass is 9.85. The summed E-state index contributed by atoms with van der Waals surface area (Å²) in [5.41, 5.74) is 3.74.